The van der Waals surface area contributed by atoms with Crippen molar-refractivity contribution in [2.24, 2.45) is 0 Å². The first kappa shape index (κ1) is 15.9. The lowest BCUT2D eigenvalue weighted by Gasteiger charge is -2.43. The van der Waals surface area contributed by atoms with Gasteiger partial charge in [0.2, 0.25) is 0 Å². The third-order valence-corrected chi connectivity index (χ3v) is 5.21. The molecule has 1 aromatic rings. The van der Waals surface area contributed by atoms with Gasteiger partial charge >= 0.3 is 6.18 Å². The fraction of sp³-hybridized carbons (Fsp3) is 0.714. The van der Waals surface area contributed by atoms with Gasteiger partial charge in [-0.1, -0.05) is 0 Å². The summed E-state index contributed by atoms with van der Waals surface area (Å²) in [7, 11) is 0. The average Bonchev–Trinajstić information content (AvgIpc) is 2.64. The zero-order chi connectivity index (χ0) is 15.9. The number of anilines is 1. The molecule has 0 radical (unpaired) electrons. The molecule has 22 heavy (non-hydrogen) atoms. The third kappa shape index (κ3) is 3.03. The molecule has 0 amide bonds. The molecule has 1 aromatic heterocycles. The van der Waals surface area contributed by atoms with Crippen molar-refractivity contribution in [1.29, 1.82) is 0 Å². The Morgan fingerprint density at radius 3 is 2.77 bits per heavy atom. The maximum Gasteiger partial charge on any atom is 0.434 e. The summed E-state index contributed by atoms with van der Waals surface area (Å²) in [6.45, 7) is 6.97. The monoisotopic (exact) mass is 332 g/mol. The van der Waals surface area contributed by atoms with Crippen molar-refractivity contribution >= 4 is 17.6 Å². The molecule has 1 saturated heterocycles. The minimum Gasteiger partial charge on any atom is -0.349 e. The number of halogens is 3. The summed E-state index contributed by atoms with van der Waals surface area (Å²) in [5, 5.41) is 0.412. The number of fused-ring (bicyclic) bond motifs is 3. The van der Waals surface area contributed by atoms with E-state index in [9.17, 15) is 13.2 Å². The van der Waals surface area contributed by atoms with Crippen LogP contribution in [0.2, 0.25) is 0 Å². The molecule has 4 nitrogen and oxygen atoms in total. The number of nitrogens with zero attached hydrogens (tertiary/aromatic N) is 4. The van der Waals surface area contributed by atoms with Gasteiger partial charge in [0.05, 0.1) is 6.20 Å². The molecule has 0 aromatic carbocycles. The molecule has 1 atom stereocenters. The normalized spacial score (nSPS) is 23.2. The standard InChI is InChI=1S/C14H19F3N4S/c1-9(2)20-4-5-21-10(8-20)3-6-22-13-12(21)18-7-11(19-13)14(15,16)17/h7,9-10H,3-6,8H2,1-2H3/t10-/m0/s1. The SMILES string of the molecule is CC(C)N1CCN2c3ncc(C(F)(F)F)nc3SCC[C@H]2C1. The molecule has 8 heteroatoms. The summed E-state index contributed by atoms with van der Waals surface area (Å²) in [6, 6.07) is 0.784. The maximum absolute atomic E-state index is 12.8. The van der Waals surface area contributed by atoms with Gasteiger partial charge < -0.3 is 4.90 Å². The van der Waals surface area contributed by atoms with Crippen molar-refractivity contribution in [2.45, 2.75) is 43.6 Å². The Bertz CT molecular complexity index is 549. The van der Waals surface area contributed by atoms with Gasteiger partial charge in [-0.25, -0.2) is 9.97 Å². The number of piperazine rings is 1. The van der Waals surface area contributed by atoms with Crippen molar-refractivity contribution in [1.82, 2.24) is 14.9 Å². The minimum atomic E-state index is -4.44. The lowest BCUT2D eigenvalue weighted by atomic mass is 10.1. The first-order chi connectivity index (χ1) is 10.4. The molecule has 2 aliphatic rings. The van der Waals surface area contributed by atoms with Crippen LogP contribution in [0.15, 0.2) is 11.2 Å². The van der Waals surface area contributed by atoms with Gasteiger partial charge in [-0.3, -0.25) is 4.90 Å². The second-order valence-electron chi connectivity index (χ2n) is 5.95. The Balaban J connectivity index is 1.89. The van der Waals surface area contributed by atoms with Gasteiger partial charge in [-0.15, -0.1) is 11.8 Å². The summed E-state index contributed by atoms with van der Waals surface area (Å²) in [6.07, 6.45) is -2.64. The van der Waals surface area contributed by atoms with E-state index < -0.39 is 11.9 Å². The largest absolute Gasteiger partial charge is 0.434 e. The lowest BCUT2D eigenvalue weighted by molar-refractivity contribution is -0.141. The Hall–Kier alpha value is -1.02. The number of thioether (sulfide) groups is 1. The lowest BCUT2D eigenvalue weighted by Crippen LogP contribution is -2.55. The van der Waals surface area contributed by atoms with Gasteiger partial charge in [0.1, 0.15) is 5.03 Å². The molecule has 2 aliphatic heterocycles. The van der Waals surface area contributed by atoms with Gasteiger partial charge in [-0.2, -0.15) is 13.2 Å². The third-order valence-electron chi connectivity index (χ3n) is 4.22. The molecule has 0 unspecified atom stereocenters. The molecule has 1 fully saturated rings. The first-order valence-electron chi connectivity index (χ1n) is 7.44. The van der Waals surface area contributed by atoms with E-state index in [4.69, 9.17) is 0 Å². The summed E-state index contributed by atoms with van der Waals surface area (Å²) >= 11 is 1.38. The highest BCUT2D eigenvalue weighted by molar-refractivity contribution is 7.99. The summed E-state index contributed by atoms with van der Waals surface area (Å²) in [4.78, 5) is 12.5. The number of hydrogen-bond acceptors (Lipinski definition) is 5. The first-order valence-corrected chi connectivity index (χ1v) is 8.42. The zero-order valence-electron chi connectivity index (χ0n) is 12.6. The van der Waals surface area contributed by atoms with Crippen molar-refractivity contribution in [3.63, 3.8) is 0 Å². The van der Waals surface area contributed by atoms with E-state index in [1.54, 1.807) is 0 Å². The smallest absolute Gasteiger partial charge is 0.349 e. The van der Waals surface area contributed by atoms with Crippen LogP contribution in [0.25, 0.3) is 0 Å². The van der Waals surface area contributed by atoms with Crippen LogP contribution in [-0.4, -0.2) is 52.3 Å². The van der Waals surface area contributed by atoms with Crippen LogP contribution >= 0.6 is 11.8 Å². The highest BCUT2D eigenvalue weighted by Crippen LogP contribution is 2.37. The number of rotatable bonds is 1. The fourth-order valence-electron chi connectivity index (χ4n) is 2.96. The highest BCUT2D eigenvalue weighted by atomic mass is 32.2. The molecular formula is C14H19F3N4S. The molecule has 0 aliphatic carbocycles. The predicted molar refractivity (Wildman–Crippen MR) is 80.2 cm³/mol. The van der Waals surface area contributed by atoms with Gasteiger partial charge in [-0.05, 0) is 20.3 Å². The van der Waals surface area contributed by atoms with E-state index in [0.717, 1.165) is 38.0 Å². The van der Waals surface area contributed by atoms with E-state index in [0.29, 0.717) is 22.9 Å². The van der Waals surface area contributed by atoms with Crippen LogP contribution in [0.4, 0.5) is 19.0 Å². The van der Waals surface area contributed by atoms with Gasteiger partial charge in [0.25, 0.3) is 0 Å². The van der Waals surface area contributed by atoms with Crippen LogP contribution in [0, 0.1) is 0 Å². The Morgan fingerprint density at radius 2 is 2.09 bits per heavy atom. The molecule has 0 N–H and O–H groups in total. The number of alkyl halides is 3. The van der Waals surface area contributed by atoms with Gasteiger partial charge in [0.15, 0.2) is 11.5 Å². The summed E-state index contributed by atoms with van der Waals surface area (Å²) < 4.78 is 38.4. The van der Waals surface area contributed by atoms with E-state index in [2.05, 4.69) is 33.6 Å². The molecular weight excluding hydrogens is 313 g/mol. The van der Waals surface area contributed by atoms with Crippen molar-refractivity contribution in [2.75, 3.05) is 30.3 Å². The van der Waals surface area contributed by atoms with E-state index in [1.807, 2.05) is 0 Å². The predicted octanol–water partition coefficient (Wildman–Crippen LogP) is 2.89. The Labute approximate surface area is 132 Å². The maximum atomic E-state index is 12.8. The van der Waals surface area contributed by atoms with E-state index >= 15 is 0 Å². The van der Waals surface area contributed by atoms with Crippen LogP contribution in [0.3, 0.4) is 0 Å². The van der Waals surface area contributed by atoms with E-state index in [-0.39, 0.29) is 0 Å². The second kappa shape index (κ2) is 5.88. The quantitative estimate of drug-likeness (QED) is 0.790. The summed E-state index contributed by atoms with van der Waals surface area (Å²) in [5.74, 6) is 1.39. The van der Waals surface area contributed by atoms with Crippen molar-refractivity contribution in [3.05, 3.63) is 11.9 Å². The van der Waals surface area contributed by atoms with Gasteiger partial charge in [0, 0.05) is 37.5 Å². The fourth-order valence-corrected chi connectivity index (χ4v) is 4.01. The molecule has 3 rings (SSSR count). The summed E-state index contributed by atoms with van der Waals surface area (Å²) in [5.41, 5.74) is -0.905. The number of aromatic nitrogens is 2. The average molecular weight is 332 g/mol. The van der Waals surface area contributed by atoms with E-state index in [1.165, 1.54) is 11.8 Å². The zero-order valence-corrected chi connectivity index (χ0v) is 13.4. The molecule has 0 bridgehead atoms. The molecule has 3 heterocycles. The topological polar surface area (TPSA) is 32.3 Å². The highest BCUT2D eigenvalue weighted by Gasteiger charge is 2.37. The van der Waals surface area contributed by atoms with Crippen LogP contribution < -0.4 is 4.90 Å². The van der Waals surface area contributed by atoms with Crippen molar-refractivity contribution in [3.8, 4) is 0 Å². The molecule has 122 valence electrons. The van der Waals surface area contributed by atoms with Crippen LogP contribution in [-0.2, 0) is 6.18 Å². The molecule has 0 spiro atoms. The second-order valence-corrected chi connectivity index (χ2v) is 7.04. The van der Waals surface area contributed by atoms with Crippen LogP contribution in [0.5, 0.6) is 0 Å². The number of hydrogen-bond donors (Lipinski definition) is 0. The Kier molecular flexibility index (Phi) is 4.24. The van der Waals surface area contributed by atoms with Crippen molar-refractivity contribution < 1.29 is 13.2 Å². The Morgan fingerprint density at radius 1 is 1.32 bits per heavy atom. The minimum absolute atomic E-state index is 0.302. The molecule has 0 saturated carbocycles. The van der Waals surface area contributed by atoms with Crippen LogP contribution in [0.1, 0.15) is 26.0 Å².